The molecule has 3 heterocycles. The van der Waals surface area contributed by atoms with Crippen LogP contribution < -0.4 is 20.3 Å². The van der Waals surface area contributed by atoms with Gasteiger partial charge in [0.1, 0.15) is 0 Å². The molecule has 2 aliphatic rings. The quantitative estimate of drug-likeness (QED) is 0.868. The third kappa shape index (κ3) is 3.53. The van der Waals surface area contributed by atoms with Crippen molar-refractivity contribution in [2.75, 3.05) is 26.4 Å². The number of hydrogen-bond donors (Lipinski definition) is 2. The highest BCUT2D eigenvalue weighted by molar-refractivity contribution is 5.83. The van der Waals surface area contributed by atoms with Gasteiger partial charge in [-0.05, 0) is 37.4 Å². The van der Waals surface area contributed by atoms with Gasteiger partial charge in [-0.15, -0.1) is 0 Å². The van der Waals surface area contributed by atoms with Crippen LogP contribution in [0.5, 0.6) is 11.5 Å². The maximum absolute atomic E-state index is 12.5. The number of aromatic nitrogens is 1. The van der Waals surface area contributed by atoms with Crippen molar-refractivity contribution >= 4 is 16.8 Å². The van der Waals surface area contributed by atoms with Crippen LogP contribution >= 0.6 is 0 Å². The molecule has 7 nitrogen and oxygen atoms in total. The van der Waals surface area contributed by atoms with Crippen molar-refractivity contribution in [1.29, 1.82) is 0 Å². The monoisotopic (exact) mass is 357 g/mol. The molecule has 1 unspecified atom stereocenters. The number of hydrogen-bond acceptors (Lipinski definition) is 5. The molecule has 0 radical (unpaired) electrons. The van der Waals surface area contributed by atoms with Crippen molar-refractivity contribution < 1.29 is 14.3 Å². The van der Waals surface area contributed by atoms with Crippen LogP contribution in [0.4, 0.5) is 0 Å². The normalized spacial score (nSPS) is 19.7. The summed E-state index contributed by atoms with van der Waals surface area (Å²) in [5.41, 5.74) is 1.43. The molecular weight excluding hydrogens is 334 g/mol. The average molecular weight is 357 g/mol. The number of aromatic amines is 1. The largest absolute Gasteiger partial charge is 0.454 e. The number of fused-ring (bicyclic) bond motifs is 2. The lowest BCUT2D eigenvalue weighted by Crippen LogP contribution is -2.40. The number of amides is 1. The number of nitrogens with zero attached hydrogens (tertiary/aromatic N) is 1. The first-order chi connectivity index (χ1) is 12.6. The molecule has 1 aromatic carbocycles. The zero-order valence-electron chi connectivity index (χ0n) is 14.8. The first kappa shape index (κ1) is 16.9. The number of H-pyrrole nitrogens is 1. The van der Waals surface area contributed by atoms with Crippen LogP contribution in [0.1, 0.15) is 25.3 Å². The van der Waals surface area contributed by atoms with Crippen LogP contribution in [-0.2, 0) is 11.3 Å². The summed E-state index contributed by atoms with van der Waals surface area (Å²) in [6.07, 6.45) is 2.18. The second kappa shape index (κ2) is 6.99. The molecule has 0 spiro atoms. The van der Waals surface area contributed by atoms with Crippen molar-refractivity contribution in [2.24, 2.45) is 5.92 Å². The van der Waals surface area contributed by atoms with Crippen molar-refractivity contribution in [3.8, 4) is 11.5 Å². The number of carbonyl (C=O) groups excluding carboxylic acids is 1. The van der Waals surface area contributed by atoms with E-state index >= 15 is 0 Å². The van der Waals surface area contributed by atoms with Crippen molar-refractivity contribution in [3.05, 3.63) is 34.1 Å². The zero-order valence-corrected chi connectivity index (χ0v) is 14.8. The van der Waals surface area contributed by atoms with E-state index < -0.39 is 0 Å². The van der Waals surface area contributed by atoms with Crippen LogP contribution in [0, 0.1) is 5.92 Å². The molecule has 0 saturated carbocycles. The van der Waals surface area contributed by atoms with Gasteiger partial charge in [-0.3, -0.25) is 14.5 Å². The van der Waals surface area contributed by atoms with E-state index in [1.807, 2.05) is 18.2 Å². The van der Waals surface area contributed by atoms with Gasteiger partial charge in [-0.25, -0.2) is 0 Å². The maximum atomic E-state index is 12.5. The topological polar surface area (TPSA) is 83.7 Å². The minimum atomic E-state index is -0.0691. The predicted molar refractivity (Wildman–Crippen MR) is 97.4 cm³/mol. The summed E-state index contributed by atoms with van der Waals surface area (Å²) in [7, 11) is 0. The molecule has 4 rings (SSSR count). The third-order valence-electron chi connectivity index (χ3n) is 5.05. The van der Waals surface area contributed by atoms with Crippen LogP contribution in [-0.4, -0.2) is 42.2 Å². The van der Waals surface area contributed by atoms with Crippen LogP contribution in [0.15, 0.2) is 23.0 Å². The molecule has 1 atom stereocenters. The lowest BCUT2D eigenvalue weighted by Gasteiger charge is -2.32. The van der Waals surface area contributed by atoms with Gasteiger partial charge in [0, 0.05) is 43.6 Å². The number of likely N-dealkylation sites (tertiary alicyclic amines) is 1. The van der Waals surface area contributed by atoms with Gasteiger partial charge in [0.05, 0.1) is 5.52 Å². The number of piperidine rings is 1. The minimum absolute atomic E-state index is 0.00632. The SMILES string of the molecule is CC(=O)NCC1CCCN(Cc2cc3cc4c(cc3[nH]c2=O)OCO4)C1. The average Bonchev–Trinajstić information content (AvgIpc) is 3.06. The summed E-state index contributed by atoms with van der Waals surface area (Å²) < 4.78 is 10.8. The van der Waals surface area contributed by atoms with Crippen LogP contribution in [0.2, 0.25) is 0 Å². The standard InChI is InChI=1S/C19H23N3O4/c1-12(23)20-8-13-3-2-4-22(9-13)10-15-5-14-6-17-18(26-11-25-17)7-16(14)21-19(15)24/h5-7,13H,2-4,8-11H2,1H3,(H,20,23)(H,21,24). The molecule has 2 aliphatic heterocycles. The maximum Gasteiger partial charge on any atom is 0.252 e. The summed E-state index contributed by atoms with van der Waals surface area (Å²) in [5, 5.41) is 3.84. The Hall–Kier alpha value is -2.54. The highest BCUT2D eigenvalue weighted by atomic mass is 16.7. The molecule has 2 N–H and O–H groups in total. The molecular formula is C19H23N3O4. The van der Waals surface area contributed by atoms with Crippen molar-refractivity contribution in [3.63, 3.8) is 0 Å². The first-order valence-electron chi connectivity index (χ1n) is 9.01. The molecule has 26 heavy (non-hydrogen) atoms. The molecule has 1 fully saturated rings. The summed E-state index contributed by atoms with van der Waals surface area (Å²) in [5.74, 6) is 1.81. The van der Waals surface area contributed by atoms with Gasteiger partial charge in [0.2, 0.25) is 12.7 Å². The lowest BCUT2D eigenvalue weighted by molar-refractivity contribution is -0.119. The van der Waals surface area contributed by atoms with Gasteiger partial charge in [0.25, 0.3) is 5.56 Å². The third-order valence-corrected chi connectivity index (χ3v) is 5.05. The second-order valence-corrected chi connectivity index (χ2v) is 7.10. The lowest BCUT2D eigenvalue weighted by atomic mass is 9.97. The number of benzene rings is 1. The van der Waals surface area contributed by atoms with E-state index in [9.17, 15) is 9.59 Å². The first-order valence-corrected chi connectivity index (χ1v) is 9.01. The Morgan fingerprint density at radius 3 is 2.92 bits per heavy atom. The fraction of sp³-hybridized carbons (Fsp3) is 0.474. The van der Waals surface area contributed by atoms with E-state index in [1.165, 1.54) is 0 Å². The van der Waals surface area contributed by atoms with Gasteiger partial charge >= 0.3 is 0 Å². The summed E-state index contributed by atoms with van der Waals surface area (Å²) in [6, 6.07) is 5.66. The van der Waals surface area contributed by atoms with Crippen LogP contribution in [0.3, 0.4) is 0 Å². The molecule has 1 saturated heterocycles. The van der Waals surface area contributed by atoms with Crippen LogP contribution in [0.25, 0.3) is 10.9 Å². The Kier molecular flexibility index (Phi) is 4.55. The Balaban J connectivity index is 1.51. The van der Waals surface area contributed by atoms with E-state index in [4.69, 9.17) is 9.47 Å². The van der Waals surface area contributed by atoms with Gasteiger partial charge in [-0.2, -0.15) is 0 Å². The van der Waals surface area contributed by atoms with E-state index in [-0.39, 0.29) is 18.3 Å². The number of nitrogens with one attached hydrogen (secondary N) is 2. The Morgan fingerprint density at radius 2 is 2.12 bits per heavy atom. The second-order valence-electron chi connectivity index (χ2n) is 7.10. The van der Waals surface area contributed by atoms with Crippen molar-refractivity contribution in [2.45, 2.75) is 26.3 Å². The Bertz CT molecular complexity index is 892. The number of ether oxygens (including phenoxy) is 2. The molecule has 0 aliphatic carbocycles. The van der Waals surface area contributed by atoms with E-state index in [0.29, 0.717) is 30.5 Å². The van der Waals surface area contributed by atoms with E-state index in [1.54, 1.807) is 6.92 Å². The Morgan fingerprint density at radius 1 is 1.31 bits per heavy atom. The van der Waals surface area contributed by atoms with Gasteiger partial charge in [0.15, 0.2) is 11.5 Å². The summed E-state index contributed by atoms with van der Waals surface area (Å²) >= 11 is 0. The predicted octanol–water partition coefficient (Wildman–Crippen LogP) is 1.60. The number of pyridine rings is 1. The molecule has 7 heteroatoms. The van der Waals surface area contributed by atoms with Gasteiger partial charge < -0.3 is 19.8 Å². The van der Waals surface area contributed by atoms with Crippen molar-refractivity contribution in [1.82, 2.24) is 15.2 Å². The fourth-order valence-corrected chi connectivity index (χ4v) is 3.75. The highest BCUT2D eigenvalue weighted by Gasteiger charge is 2.21. The Labute approximate surface area is 151 Å². The molecule has 1 aromatic heterocycles. The van der Waals surface area contributed by atoms with E-state index in [2.05, 4.69) is 15.2 Å². The summed E-state index contributed by atoms with van der Waals surface area (Å²) in [4.78, 5) is 28.9. The van der Waals surface area contributed by atoms with E-state index in [0.717, 1.165) is 42.4 Å². The molecule has 2 aromatic rings. The fourth-order valence-electron chi connectivity index (χ4n) is 3.75. The van der Waals surface area contributed by atoms with Gasteiger partial charge in [-0.1, -0.05) is 0 Å². The zero-order chi connectivity index (χ0) is 18.1. The summed E-state index contributed by atoms with van der Waals surface area (Å²) in [6.45, 7) is 4.92. The highest BCUT2D eigenvalue weighted by Crippen LogP contribution is 2.35. The number of rotatable bonds is 4. The molecule has 0 bridgehead atoms. The molecule has 1 amide bonds. The smallest absolute Gasteiger partial charge is 0.252 e. The molecule has 138 valence electrons. The number of carbonyl (C=O) groups is 1. The minimum Gasteiger partial charge on any atom is -0.454 e.